The summed E-state index contributed by atoms with van der Waals surface area (Å²) >= 11 is 4.56. The summed E-state index contributed by atoms with van der Waals surface area (Å²) in [6, 6.07) is 5.52. The van der Waals surface area contributed by atoms with Gasteiger partial charge in [0, 0.05) is 17.4 Å². The molecule has 1 aromatic heterocycles. The molecule has 0 aliphatic carbocycles. The van der Waals surface area contributed by atoms with Crippen LogP contribution in [0, 0.1) is 11.6 Å². The molecule has 0 unspecified atom stereocenters. The molecule has 6 heteroatoms. The quantitative estimate of drug-likeness (QED) is 0.787. The highest BCUT2D eigenvalue weighted by molar-refractivity contribution is 9.10. The Morgan fingerprint density at radius 1 is 1.17 bits per heavy atom. The highest BCUT2D eigenvalue weighted by Crippen LogP contribution is 2.28. The van der Waals surface area contributed by atoms with Crippen molar-refractivity contribution in [3.63, 3.8) is 0 Å². The van der Waals surface area contributed by atoms with Crippen LogP contribution in [0.15, 0.2) is 38.8 Å². The topological polar surface area (TPSA) is 25.8 Å². The first-order chi connectivity index (χ1) is 8.58. The lowest BCUT2D eigenvalue weighted by molar-refractivity contribution is 0.506. The standard InChI is InChI=1S/C12H9BrF2N2S/c1-2-11-16-10(13)6-12(17-11)18-7-3-4-8(14)9(15)5-7/h3-6H,2H2,1H3. The second kappa shape index (κ2) is 5.75. The summed E-state index contributed by atoms with van der Waals surface area (Å²) in [5.74, 6) is -1.00. The van der Waals surface area contributed by atoms with Crippen LogP contribution in [0.1, 0.15) is 12.7 Å². The molecular weight excluding hydrogens is 322 g/mol. The molecule has 0 spiro atoms. The molecule has 94 valence electrons. The maximum absolute atomic E-state index is 13.1. The molecule has 0 saturated heterocycles. The van der Waals surface area contributed by atoms with Crippen LogP contribution in [0.4, 0.5) is 8.78 Å². The minimum absolute atomic E-state index is 0.599. The van der Waals surface area contributed by atoms with E-state index in [4.69, 9.17) is 0 Å². The zero-order valence-corrected chi connectivity index (χ0v) is 11.9. The number of hydrogen-bond acceptors (Lipinski definition) is 3. The van der Waals surface area contributed by atoms with E-state index in [0.29, 0.717) is 26.8 Å². The maximum atomic E-state index is 13.1. The summed E-state index contributed by atoms with van der Waals surface area (Å²) in [6.07, 6.45) is 0.713. The van der Waals surface area contributed by atoms with Gasteiger partial charge in [-0.3, -0.25) is 0 Å². The number of aryl methyl sites for hydroxylation is 1. The van der Waals surface area contributed by atoms with Crippen LogP contribution >= 0.6 is 27.7 Å². The fraction of sp³-hybridized carbons (Fsp3) is 0.167. The Kier molecular flexibility index (Phi) is 4.29. The van der Waals surface area contributed by atoms with Gasteiger partial charge in [-0.1, -0.05) is 18.7 Å². The molecule has 0 saturated carbocycles. The zero-order valence-electron chi connectivity index (χ0n) is 9.45. The summed E-state index contributed by atoms with van der Waals surface area (Å²) in [5.41, 5.74) is 0. The first-order valence-corrected chi connectivity index (χ1v) is 6.86. The molecule has 0 bridgehead atoms. The fourth-order valence-corrected chi connectivity index (χ4v) is 2.75. The summed E-state index contributed by atoms with van der Waals surface area (Å²) < 4.78 is 26.6. The van der Waals surface area contributed by atoms with Crippen LogP contribution in [-0.4, -0.2) is 9.97 Å². The van der Waals surface area contributed by atoms with E-state index in [1.165, 1.54) is 17.8 Å². The molecule has 0 atom stereocenters. The largest absolute Gasteiger partial charge is 0.226 e. The van der Waals surface area contributed by atoms with Gasteiger partial charge in [-0.2, -0.15) is 0 Å². The minimum Gasteiger partial charge on any atom is -0.226 e. The number of aromatic nitrogens is 2. The average molecular weight is 331 g/mol. The highest BCUT2D eigenvalue weighted by Gasteiger charge is 2.07. The maximum Gasteiger partial charge on any atom is 0.159 e. The first-order valence-electron chi connectivity index (χ1n) is 5.25. The molecule has 0 radical (unpaired) electrons. The van der Waals surface area contributed by atoms with Gasteiger partial charge in [-0.05, 0) is 34.1 Å². The Morgan fingerprint density at radius 2 is 1.94 bits per heavy atom. The third-order valence-corrected chi connectivity index (χ3v) is 3.46. The van der Waals surface area contributed by atoms with Crippen LogP contribution in [-0.2, 0) is 6.42 Å². The predicted molar refractivity (Wildman–Crippen MR) is 69.6 cm³/mol. The van der Waals surface area contributed by atoms with Gasteiger partial charge in [0.15, 0.2) is 11.6 Å². The highest BCUT2D eigenvalue weighted by atomic mass is 79.9. The Balaban J connectivity index is 2.27. The van der Waals surface area contributed by atoms with Crippen molar-refractivity contribution in [2.75, 3.05) is 0 Å². The van der Waals surface area contributed by atoms with Crippen LogP contribution in [0.2, 0.25) is 0 Å². The molecule has 2 nitrogen and oxygen atoms in total. The molecule has 2 rings (SSSR count). The SMILES string of the molecule is CCc1nc(Br)cc(Sc2ccc(F)c(F)c2)n1. The van der Waals surface area contributed by atoms with Crippen LogP contribution in [0.3, 0.4) is 0 Å². The van der Waals surface area contributed by atoms with E-state index < -0.39 is 11.6 Å². The third kappa shape index (κ3) is 3.26. The Hall–Kier alpha value is -1.01. The summed E-state index contributed by atoms with van der Waals surface area (Å²) in [6.45, 7) is 1.95. The van der Waals surface area contributed by atoms with Gasteiger partial charge in [-0.25, -0.2) is 18.7 Å². The third-order valence-electron chi connectivity index (χ3n) is 2.15. The number of nitrogens with zero attached hydrogens (tertiary/aromatic N) is 2. The van der Waals surface area contributed by atoms with E-state index >= 15 is 0 Å². The molecule has 18 heavy (non-hydrogen) atoms. The molecule has 1 aromatic carbocycles. The molecule has 0 amide bonds. The number of halogens is 3. The number of rotatable bonds is 3. The molecule has 0 aliphatic heterocycles. The lowest BCUT2D eigenvalue weighted by Crippen LogP contribution is -1.94. The van der Waals surface area contributed by atoms with Gasteiger partial charge < -0.3 is 0 Å². The van der Waals surface area contributed by atoms with Crippen molar-refractivity contribution < 1.29 is 8.78 Å². The summed E-state index contributed by atoms with van der Waals surface area (Å²) in [5, 5.41) is 0.694. The average Bonchev–Trinajstić information content (AvgIpc) is 2.33. The van der Waals surface area contributed by atoms with Gasteiger partial charge >= 0.3 is 0 Å². The minimum atomic E-state index is -0.858. The Bertz CT molecular complexity index is 578. The van der Waals surface area contributed by atoms with Gasteiger partial charge in [0.25, 0.3) is 0 Å². The molecule has 2 aromatic rings. The smallest absolute Gasteiger partial charge is 0.159 e. The number of benzene rings is 1. The molecular formula is C12H9BrF2N2S. The van der Waals surface area contributed by atoms with E-state index in [1.54, 1.807) is 6.07 Å². The van der Waals surface area contributed by atoms with Crippen molar-refractivity contribution in [1.82, 2.24) is 9.97 Å². The number of hydrogen-bond donors (Lipinski definition) is 0. The summed E-state index contributed by atoms with van der Waals surface area (Å²) in [4.78, 5) is 9.09. The van der Waals surface area contributed by atoms with Crippen LogP contribution in [0.25, 0.3) is 0 Å². The van der Waals surface area contributed by atoms with Crippen LogP contribution < -0.4 is 0 Å². The normalized spacial score (nSPS) is 10.7. The second-order valence-electron chi connectivity index (χ2n) is 3.48. The van der Waals surface area contributed by atoms with Gasteiger partial charge in [0.05, 0.1) is 0 Å². The van der Waals surface area contributed by atoms with Crippen molar-refractivity contribution in [3.05, 3.63) is 46.3 Å². The van der Waals surface area contributed by atoms with E-state index in [9.17, 15) is 8.78 Å². The van der Waals surface area contributed by atoms with Crippen molar-refractivity contribution in [2.24, 2.45) is 0 Å². The Morgan fingerprint density at radius 3 is 2.61 bits per heavy atom. The van der Waals surface area contributed by atoms with Gasteiger partial charge in [0.2, 0.25) is 0 Å². The van der Waals surface area contributed by atoms with Crippen molar-refractivity contribution in [2.45, 2.75) is 23.3 Å². The van der Waals surface area contributed by atoms with Crippen molar-refractivity contribution >= 4 is 27.7 Å². The lowest BCUT2D eigenvalue weighted by Gasteiger charge is -2.04. The molecule has 0 aliphatic rings. The zero-order chi connectivity index (χ0) is 13.1. The van der Waals surface area contributed by atoms with Gasteiger partial charge in [0.1, 0.15) is 15.5 Å². The fourth-order valence-electron chi connectivity index (χ4n) is 1.31. The Labute approximate surface area is 116 Å². The first kappa shape index (κ1) is 13.4. The van der Waals surface area contributed by atoms with E-state index in [-0.39, 0.29) is 0 Å². The van der Waals surface area contributed by atoms with Gasteiger partial charge in [-0.15, -0.1) is 0 Å². The van der Waals surface area contributed by atoms with E-state index in [1.807, 2.05) is 6.92 Å². The van der Waals surface area contributed by atoms with Crippen LogP contribution in [0.5, 0.6) is 0 Å². The molecule has 0 fully saturated rings. The van der Waals surface area contributed by atoms with E-state index in [0.717, 1.165) is 12.1 Å². The lowest BCUT2D eigenvalue weighted by atomic mass is 10.3. The second-order valence-corrected chi connectivity index (χ2v) is 5.38. The van der Waals surface area contributed by atoms with Crippen molar-refractivity contribution in [3.8, 4) is 0 Å². The molecule has 0 N–H and O–H groups in total. The monoisotopic (exact) mass is 330 g/mol. The summed E-state index contributed by atoms with van der Waals surface area (Å²) in [7, 11) is 0. The van der Waals surface area contributed by atoms with E-state index in [2.05, 4.69) is 25.9 Å². The predicted octanol–water partition coefficient (Wildman–Crippen LogP) is 4.23. The van der Waals surface area contributed by atoms with Crippen molar-refractivity contribution in [1.29, 1.82) is 0 Å². The molecule has 1 heterocycles.